The summed E-state index contributed by atoms with van der Waals surface area (Å²) in [5.74, 6) is -1.03. The first kappa shape index (κ1) is 15.2. The molecule has 5 nitrogen and oxygen atoms in total. The van der Waals surface area contributed by atoms with Gasteiger partial charge in [0.1, 0.15) is 5.69 Å². The van der Waals surface area contributed by atoms with Crippen LogP contribution in [0.4, 0.5) is 0 Å². The maximum Gasteiger partial charge on any atom is 0.358 e. The second-order valence-electron chi connectivity index (χ2n) is 5.19. The molecule has 0 aliphatic carbocycles. The minimum absolute atomic E-state index is 0.0276. The normalized spacial score (nSPS) is 10.8. The molecule has 0 aliphatic rings. The third kappa shape index (κ3) is 3.48. The summed E-state index contributed by atoms with van der Waals surface area (Å²) in [5.41, 5.74) is 2.55. The molecule has 0 atom stereocenters. The van der Waals surface area contributed by atoms with Gasteiger partial charge >= 0.3 is 5.97 Å². The lowest BCUT2D eigenvalue weighted by Gasteiger charge is -2.09. The molecule has 21 heavy (non-hydrogen) atoms. The zero-order valence-corrected chi connectivity index (χ0v) is 12.5. The van der Waals surface area contributed by atoms with Gasteiger partial charge in [0, 0.05) is 12.1 Å². The number of carboxylic acids is 1. The highest BCUT2D eigenvalue weighted by atomic mass is 16.4. The fourth-order valence-corrected chi connectivity index (χ4v) is 2.41. The predicted octanol–water partition coefficient (Wildman–Crippen LogP) is 3.53. The van der Waals surface area contributed by atoms with Crippen LogP contribution in [-0.4, -0.2) is 26.1 Å². The van der Waals surface area contributed by atoms with Crippen LogP contribution in [0.1, 0.15) is 48.7 Å². The van der Waals surface area contributed by atoms with E-state index in [0.717, 1.165) is 24.0 Å². The number of aryl methyl sites for hydroxylation is 2. The lowest BCUT2D eigenvalue weighted by Crippen LogP contribution is -2.06. The molecule has 1 aromatic heterocycles. The molecule has 2 rings (SSSR count). The van der Waals surface area contributed by atoms with Crippen LogP contribution in [0.5, 0.6) is 0 Å². The molecule has 2 aromatic rings. The van der Waals surface area contributed by atoms with Gasteiger partial charge in [-0.25, -0.2) is 9.48 Å². The summed E-state index contributed by atoms with van der Waals surface area (Å²) in [4.78, 5) is 11.4. The molecule has 1 heterocycles. The molecule has 112 valence electrons. The Morgan fingerprint density at radius 1 is 1.24 bits per heavy atom. The maximum atomic E-state index is 11.4. The number of hydrogen-bond donors (Lipinski definition) is 1. The first-order valence-corrected chi connectivity index (χ1v) is 7.38. The van der Waals surface area contributed by atoms with Crippen LogP contribution in [0.25, 0.3) is 11.3 Å². The van der Waals surface area contributed by atoms with Gasteiger partial charge in [0.05, 0.1) is 0 Å². The Morgan fingerprint density at radius 2 is 2.00 bits per heavy atom. The zero-order valence-electron chi connectivity index (χ0n) is 12.5. The minimum Gasteiger partial charge on any atom is -0.476 e. The largest absolute Gasteiger partial charge is 0.476 e. The van der Waals surface area contributed by atoms with E-state index in [1.807, 2.05) is 31.2 Å². The summed E-state index contributed by atoms with van der Waals surface area (Å²) in [6.45, 7) is 4.83. The quantitative estimate of drug-likeness (QED) is 0.791. The molecule has 1 N–H and O–H groups in total. The first-order chi connectivity index (χ1) is 10.1. The number of benzene rings is 1. The Kier molecular flexibility index (Phi) is 5.09. The highest BCUT2D eigenvalue weighted by Crippen LogP contribution is 2.26. The summed E-state index contributed by atoms with van der Waals surface area (Å²) in [7, 11) is 0. The van der Waals surface area contributed by atoms with Crippen LogP contribution in [0.2, 0.25) is 0 Å². The second-order valence-corrected chi connectivity index (χ2v) is 5.19. The number of aromatic carboxylic acids is 1. The number of unbranched alkanes of at least 4 members (excludes halogenated alkanes) is 3. The number of carbonyl (C=O) groups is 1. The van der Waals surface area contributed by atoms with E-state index in [1.165, 1.54) is 12.8 Å². The van der Waals surface area contributed by atoms with Crippen molar-refractivity contribution in [3.8, 4) is 11.3 Å². The number of aromatic nitrogens is 3. The Hall–Kier alpha value is -2.17. The average molecular weight is 287 g/mol. The topological polar surface area (TPSA) is 68.0 Å². The molecule has 0 bridgehead atoms. The fourth-order valence-electron chi connectivity index (χ4n) is 2.41. The van der Waals surface area contributed by atoms with Gasteiger partial charge in [-0.2, -0.15) is 0 Å². The molecule has 5 heteroatoms. The van der Waals surface area contributed by atoms with E-state index >= 15 is 0 Å². The highest BCUT2D eigenvalue weighted by Gasteiger charge is 2.21. The molecular weight excluding hydrogens is 266 g/mol. The van der Waals surface area contributed by atoms with Crippen molar-refractivity contribution >= 4 is 5.97 Å². The summed E-state index contributed by atoms with van der Waals surface area (Å²) < 4.78 is 1.72. The number of carboxylic acid groups (broad SMARTS) is 1. The molecule has 0 amide bonds. The Labute approximate surface area is 124 Å². The van der Waals surface area contributed by atoms with Gasteiger partial charge in [0.25, 0.3) is 0 Å². The number of nitrogens with zero attached hydrogens (tertiary/aromatic N) is 3. The molecule has 0 spiro atoms. The van der Waals surface area contributed by atoms with Gasteiger partial charge in [-0.3, -0.25) is 0 Å². The van der Waals surface area contributed by atoms with Crippen LogP contribution in [0.3, 0.4) is 0 Å². The van der Waals surface area contributed by atoms with Gasteiger partial charge in [0.2, 0.25) is 0 Å². The van der Waals surface area contributed by atoms with E-state index in [1.54, 1.807) is 4.68 Å². The van der Waals surface area contributed by atoms with E-state index in [2.05, 4.69) is 17.2 Å². The maximum absolute atomic E-state index is 11.4. The van der Waals surface area contributed by atoms with Crippen LogP contribution in [0.15, 0.2) is 24.3 Å². The van der Waals surface area contributed by atoms with Gasteiger partial charge < -0.3 is 5.11 Å². The molecule has 1 aromatic carbocycles. The molecule has 0 saturated heterocycles. The SMILES string of the molecule is CCCCCCn1nnc(C(=O)O)c1-c1ccccc1C. The second kappa shape index (κ2) is 7.02. The van der Waals surface area contributed by atoms with Crippen molar-refractivity contribution in [2.75, 3.05) is 0 Å². The molecule has 0 unspecified atom stereocenters. The molecule has 0 aliphatic heterocycles. The van der Waals surface area contributed by atoms with E-state index in [0.29, 0.717) is 12.2 Å². The Balaban J connectivity index is 2.34. The van der Waals surface area contributed by atoms with E-state index < -0.39 is 5.97 Å². The third-order valence-corrected chi connectivity index (χ3v) is 3.56. The predicted molar refractivity (Wildman–Crippen MR) is 81.3 cm³/mol. The van der Waals surface area contributed by atoms with E-state index in [9.17, 15) is 9.90 Å². The Bertz CT molecular complexity index is 620. The molecular formula is C16H21N3O2. The third-order valence-electron chi connectivity index (χ3n) is 3.56. The van der Waals surface area contributed by atoms with Crippen LogP contribution in [0, 0.1) is 6.92 Å². The molecule has 0 saturated carbocycles. The first-order valence-electron chi connectivity index (χ1n) is 7.38. The summed E-state index contributed by atoms with van der Waals surface area (Å²) >= 11 is 0. The number of rotatable bonds is 7. The van der Waals surface area contributed by atoms with Gasteiger partial charge in [0.15, 0.2) is 5.69 Å². The Morgan fingerprint density at radius 3 is 2.67 bits per heavy atom. The van der Waals surface area contributed by atoms with E-state index in [4.69, 9.17) is 0 Å². The van der Waals surface area contributed by atoms with Crippen molar-refractivity contribution in [1.29, 1.82) is 0 Å². The number of hydrogen-bond acceptors (Lipinski definition) is 3. The van der Waals surface area contributed by atoms with Gasteiger partial charge in [-0.15, -0.1) is 5.10 Å². The van der Waals surface area contributed by atoms with Crippen molar-refractivity contribution in [2.24, 2.45) is 0 Å². The van der Waals surface area contributed by atoms with Crippen LogP contribution < -0.4 is 0 Å². The van der Waals surface area contributed by atoms with Crippen molar-refractivity contribution in [1.82, 2.24) is 15.0 Å². The van der Waals surface area contributed by atoms with Gasteiger partial charge in [-0.1, -0.05) is 55.7 Å². The summed E-state index contributed by atoms with van der Waals surface area (Å²) in [6.07, 6.45) is 4.45. The van der Waals surface area contributed by atoms with Crippen molar-refractivity contribution in [3.05, 3.63) is 35.5 Å². The molecule has 0 radical (unpaired) electrons. The van der Waals surface area contributed by atoms with Crippen molar-refractivity contribution in [2.45, 2.75) is 46.1 Å². The smallest absolute Gasteiger partial charge is 0.358 e. The van der Waals surface area contributed by atoms with Crippen molar-refractivity contribution in [3.63, 3.8) is 0 Å². The lowest BCUT2D eigenvalue weighted by molar-refractivity contribution is 0.0691. The lowest BCUT2D eigenvalue weighted by atomic mass is 10.0. The van der Waals surface area contributed by atoms with Crippen LogP contribution >= 0.6 is 0 Å². The van der Waals surface area contributed by atoms with Crippen molar-refractivity contribution < 1.29 is 9.90 Å². The van der Waals surface area contributed by atoms with Gasteiger partial charge in [-0.05, 0) is 18.9 Å². The molecule has 0 fully saturated rings. The summed E-state index contributed by atoms with van der Waals surface area (Å²) in [6, 6.07) is 7.73. The monoisotopic (exact) mass is 287 g/mol. The fraction of sp³-hybridized carbons (Fsp3) is 0.438. The van der Waals surface area contributed by atoms with E-state index in [-0.39, 0.29) is 5.69 Å². The van der Waals surface area contributed by atoms with Crippen LogP contribution in [-0.2, 0) is 6.54 Å². The average Bonchev–Trinajstić information content (AvgIpc) is 2.88. The zero-order chi connectivity index (χ0) is 15.2. The minimum atomic E-state index is -1.03. The standard InChI is InChI=1S/C16H21N3O2/c1-3-4-5-8-11-19-15(14(16(20)21)17-18-19)13-10-7-6-9-12(13)2/h6-7,9-10H,3-5,8,11H2,1-2H3,(H,20,21). The highest BCUT2D eigenvalue weighted by molar-refractivity contribution is 5.93. The summed E-state index contributed by atoms with van der Waals surface area (Å²) in [5, 5.41) is 17.2.